The zero-order valence-corrected chi connectivity index (χ0v) is 13.5. The molecule has 1 aromatic rings. The third-order valence-electron chi connectivity index (χ3n) is 3.17. The highest BCUT2D eigenvalue weighted by Crippen LogP contribution is 2.35. The fourth-order valence-corrected chi connectivity index (χ4v) is 3.45. The summed E-state index contributed by atoms with van der Waals surface area (Å²) in [4.78, 5) is 24.9. The number of carboxylic acids is 1. The van der Waals surface area contributed by atoms with E-state index in [-0.39, 0.29) is 20.7 Å². The molecule has 7 heteroatoms. The molecule has 2 rings (SSSR count). The van der Waals surface area contributed by atoms with Gasteiger partial charge in [0.1, 0.15) is 10.1 Å². The number of aliphatic carboxylic acids is 1. The normalized spacial score (nSPS) is 18.4. The molecule has 0 aromatic heterocycles. The molecule has 0 radical (unpaired) electrons. The van der Waals surface area contributed by atoms with E-state index in [4.69, 9.17) is 12.2 Å². The fourth-order valence-electron chi connectivity index (χ4n) is 2.13. The standard InChI is InChI=1S/C15H14FNO3S2/c1-8(2)12(14(19)20)17-13(18)11(22-15(17)21)7-9-5-3-4-6-10(9)16/h3-8,12H,1-2H3,(H,19,20)/p-1/b11-7-/t12-/m1/s1. The highest BCUT2D eigenvalue weighted by molar-refractivity contribution is 8.26. The number of thioether (sulfide) groups is 1. The van der Waals surface area contributed by atoms with Crippen molar-refractivity contribution >= 4 is 46.3 Å². The Morgan fingerprint density at radius 2 is 2.05 bits per heavy atom. The van der Waals surface area contributed by atoms with Crippen molar-refractivity contribution in [3.05, 3.63) is 40.6 Å². The Bertz CT molecular complexity index is 673. The Hall–Kier alpha value is -1.73. The van der Waals surface area contributed by atoms with Crippen LogP contribution in [0.1, 0.15) is 19.4 Å². The van der Waals surface area contributed by atoms with Gasteiger partial charge in [0, 0.05) is 5.56 Å². The van der Waals surface area contributed by atoms with Crippen molar-refractivity contribution in [2.24, 2.45) is 5.92 Å². The smallest absolute Gasteiger partial charge is 0.266 e. The van der Waals surface area contributed by atoms with Crippen molar-refractivity contribution in [3.8, 4) is 0 Å². The minimum Gasteiger partial charge on any atom is -0.548 e. The van der Waals surface area contributed by atoms with Gasteiger partial charge in [0.15, 0.2) is 0 Å². The van der Waals surface area contributed by atoms with Gasteiger partial charge in [-0.1, -0.05) is 56.0 Å². The number of benzene rings is 1. The van der Waals surface area contributed by atoms with Crippen molar-refractivity contribution < 1.29 is 19.1 Å². The average molecular weight is 338 g/mol. The molecule has 1 atom stereocenters. The molecule has 0 spiro atoms. The first kappa shape index (κ1) is 16.6. The molecule has 1 fully saturated rings. The monoisotopic (exact) mass is 338 g/mol. The van der Waals surface area contributed by atoms with Crippen molar-refractivity contribution in [2.45, 2.75) is 19.9 Å². The van der Waals surface area contributed by atoms with E-state index in [2.05, 4.69) is 0 Å². The third-order valence-corrected chi connectivity index (χ3v) is 4.50. The quantitative estimate of drug-likeness (QED) is 0.619. The van der Waals surface area contributed by atoms with E-state index < -0.39 is 23.7 Å². The van der Waals surface area contributed by atoms with Gasteiger partial charge in [-0.3, -0.25) is 9.69 Å². The van der Waals surface area contributed by atoms with E-state index >= 15 is 0 Å². The number of carbonyl (C=O) groups excluding carboxylic acids is 2. The first-order chi connectivity index (χ1) is 10.3. The number of carbonyl (C=O) groups is 2. The van der Waals surface area contributed by atoms with Gasteiger partial charge >= 0.3 is 0 Å². The lowest BCUT2D eigenvalue weighted by Gasteiger charge is -2.30. The number of hydrogen-bond acceptors (Lipinski definition) is 5. The van der Waals surface area contributed by atoms with E-state index in [1.54, 1.807) is 26.0 Å². The summed E-state index contributed by atoms with van der Waals surface area (Å²) in [5, 5.41) is 11.3. The SMILES string of the molecule is CC(C)[C@H](C(=O)[O-])N1C(=O)/C(=C/c2ccccc2F)SC1=S. The number of rotatable bonds is 4. The number of nitrogens with zero attached hydrogens (tertiary/aromatic N) is 1. The van der Waals surface area contributed by atoms with Gasteiger partial charge in [-0.15, -0.1) is 0 Å². The summed E-state index contributed by atoms with van der Waals surface area (Å²) < 4.78 is 13.8. The lowest BCUT2D eigenvalue weighted by atomic mass is 10.0. The maximum atomic E-state index is 13.7. The minimum absolute atomic E-state index is 0.135. The molecular formula is C15H13FNO3S2-. The van der Waals surface area contributed by atoms with Crippen LogP contribution in [0.2, 0.25) is 0 Å². The van der Waals surface area contributed by atoms with Crippen molar-refractivity contribution in [2.75, 3.05) is 0 Å². The van der Waals surface area contributed by atoms with Gasteiger partial charge in [-0.2, -0.15) is 0 Å². The predicted octanol–water partition coefficient (Wildman–Crippen LogP) is 1.80. The predicted molar refractivity (Wildman–Crippen MR) is 85.0 cm³/mol. The largest absolute Gasteiger partial charge is 0.548 e. The topological polar surface area (TPSA) is 60.4 Å². The second-order valence-corrected chi connectivity index (χ2v) is 6.76. The van der Waals surface area contributed by atoms with Crippen LogP contribution in [0.15, 0.2) is 29.2 Å². The first-order valence-corrected chi connectivity index (χ1v) is 7.78. The van der Waals surface area contributed by atoms with Crippen molar-refractivity contribution in [1.29, 1.82) is 0 Å². The lowest BCUT2D eigenvalue weighted by Crippen LogP contribution is -2.52. The van der Waals surface area contributed by atoms with Crippen LogP contribution in [0, 0.1) is 11.7 Å². The number of halogens is 1. The molecule has 116 valence electrons. The maximum absolute atomic E-state index is 13.7. The van der Waals surface area contributed by atoms with Crippen LogP contribution in [0.5, 0.6) is 0 Å². The molecule has 0 unspecified atom stereocenters. The molecule has 1 saturated heterocycles. The van der Waals surface area contributed by atoms with E-state index in [1.807, 2.05) is 0 Å². The Kier molecular flexibility index (Phi) is 4.97. The summed E-state index contributed by atoms with van der Waals surface area (Å²) in [5.41, 5.74) is 0.248. The molecule has 1 heterocycles. The van der Waals surface area contributed by atoms with Crippen LogP contribution in [-0.2, 0) is 9.59 Å². The molecule has 1 aliphatic rings. The molecular weight excluding hydrogens is 325 g/mol. The third kappa shape index (κ3) is 3.20. The molecule has 1 amide bonds. The van der Waals surface area contributed by atoms with Gasteiger partial charge in [0.25, 0.3) is 5.91 Å². The second kappa shape index (κ2) is 6.58. The minimum atomic E-state index is -1.36. The first-order valence-electron chi connectivity index (χ1n) is 6.55. The van der Waals surface area contributed by atoms with E-state index in [0.29, 0.717) is 0 Å². The zero-order valence-electron chi connectivity index (χ0n) is 11.9. The van der Waals surface area contributed by atoms with Gasteiger partial charge < -0.3 is 9.90 Å². The summed E-state index contributed by atoms with van der Waals surface area (Å²) in [6.45, 7) is 3.33. The summed E-state index contributed by atoms with van der Waals surface area (Å²) in [6.07, 6.45) is 1.38. The molecule has 1 aliphatic heterocycles. The van der Waals surface area contributed by atoms with Crippen LogP contribution in [0.3, 0.4) is 0 Å². The number of thiocarbonyl (C=S) groups is 1. The summed E-state index contributed by atoms with van der Waals surface area (Å²) in [6, 6.07) is 4.86. The van der Waals surface area contributed by atoms with Gasteiger partial charge in [-0.05, 0) is 18.1 Å². The van der Waals surface area contributed by atoms with Crippen LogP contribution in [0.4, 0.5) is 4.39 Å². The molecule has 4 nitrogen and oxygen atoms in total. The highest BCUT2D eigenvalue weighted by Gasteiger charge is 2.39. The fraction of sp³-hybridized carbons (Fsp3) is 0.267. The summed E-state index contributed by atoms with van der Waals surface area (Å²) in [5.74, 6) is -2.73. The lowest BCUT2D eigenvalue weighted by molar-refractivity contribution is -0.311. The Morgan fingerprint density at radius 1 is 1.41 bits per heavy atom. The molecule has 22 heavy (non-hydrogen) atoms. The van der Waals surface area contributed by atoms with E-state index in [1.165, 1.54) is 18.2 Å². The summed E-state index contributed by atoms with van der Waals surface area (Å²) >= 11 is 6.06. The van der Waals surface area contributed by atoms with Crippen molar-refractivity contribution in [1.82, 2.24) is 4.90 Å². The average Bonchev–Trinajstić information content (AvgIpc) is 2.69. The molecule has 0 aliphatic carbocycles. The van der Waals surface area contributed by atoms with Crippen LogP contribution < -0.4 is 5.11 Å². The zero-order chi connectivity index (χ0) is 16.4. The maximum Gasteiger partial charge on any atom is 0.266 e. The number of hydrogen-bond donors (Lipinski definition) is 0. The van der Waals surface area contributed by atoms with Gasteiger partial charge in [-0.25, -0.2) is 4.39 Å². The van der Waals surface area contributed by atoms with E-state index in [9.17, 15) is 19.1 Å². The number of carboxylic acid groups (broad SMARTS) is 1. The summed E-state index contributed by atoms with van der Waals surface area (Å²) in [7, 11) is 0. The molecule has 0 bridgehead atoms. The molecule has 0 N–H and O–H groups in total. The molecule has 0 saturated carbocycles. The molecule has 1 aromatic carbocycles. The second-order valence-electron chi connectivity index (χ2n) is 5.08. The van der Waals surface area contributed by atoms with Gasteiger partial charge in [0.2, 0.25) is 0 Å². The Labute approximate surface area is 137 Å². The highest BCUT2D eigenvalue weighted by atomic mass is 32.2. The number of amides is 1. The van der Waals surface area contributed by atoms with Crippen molar-refractivity contribution in [3.63, 3.8) is 0 Å². The van der Waals surface area contributed by atoms with Gasteiger partial charge in [0.05, 0.1) is 16.9 Å². The Morgan fingerprint density at radius 3 is 2.59 bits per heavy atom. The van der Waals surface area contributed by atoms with Crippen LogP contribution >= 0.6 is 24.0 Å². The van der Waals surface area contributed by atoms with Crippen LogP contribution in [0.25, 0.3) is 6.08 Å². The van der Waals surface area contributed by atoms with E-state index in [0.717, 1.165) is 16.7 Å². The van der Waals surface area contributed by atoms with Crippen LogP contribution in [-0.4, -0.2) is 27.1 Å². The Balaban J connectivity index is 2.37.